The van der Waals surface area contributed by atoms with Crippen molar-refractivity contribution in [3.05, 3.63) is 23.4 Å². The SMILES string of the molecule is CC1=CCC2C(=C1)N=CN2C(C)C. The molecule has 0 saturated heterocycles. The van der Waals surface area contributed by atoms with Gasteiger partial charge in [-0.2, -0.15) is 0 Å². The monoisotopic (exact) mass is 176 g/mol. The first-order valence-corrected chi connectivity index (χ1v) is 4.88. The number of fused-ring (bicyclic) bond motifs is 1. The van der Waals surface area contributed by atoms with Crippen LogP contribution >= 0.6 is 0 Å². The molecule has 0 saturated carbocycles. The van der Waals surface area contributed by atoms with Gasteiger partial charge in [0, 0.05) is 6.04 Å². The highest BCUT2D eigenvalue weighted by atomic mass is 15.3. The molecule has 0 aromatic heterocycles. The van der Waals surface area contributed by atoms with Crippen LogP contribution in [0.15, 0.2) is 28.4 Å². The van der Waals surface area contributed by atoms with Gasteiger partial charge < -0.3 is 4.90 Å². The third-order valence-electron chi connectivity index (χ3n) is 2.68. The van der Waals surface area contributed by atoms with E-state index >= 15 is 0 Å². The molecule has 1 aliphatic carbocycles. The summed E-state index contributed by atoms with van der Waals surface area (Å²) < 4.78 is 0. The van der Waals surface area contributed by atoms with Crippen molar-refractivity contribution in [2.45, 2.75) is 39.3 Å². The van der Waals surface area contributed by atoms with Crippen molar-refractivity contribution in [2.75, 3.05) is 0 Å². The van der Waals surface area contributed by atoms with E-state index in [0.29, 0.717) is 12.1 Å². The van der Waals surface area contributed by atoms with Crippen LogP contribution in [0.3, 0.4) is 0 Å². The molecule has 0 bridgehead atoms. The zero-order valence-corrected chi connectivity index (χ0v) is 8.49. The van der Waals surface area contributed by atoms with Crippen molar-refractivity contribution in [3.63, 3.8) is 0 Å². The van der Waals surface area contributed by atoms with E-state index in [1.54, 1.807) is 0 Å². The van der Waals surface area contributed by atoms with Crippen LogP contribution in [0.2, 0.25) is 0 Å². The third-order valence-corrected chi connectivity index (χ3v) is 2.68. The van der Waals surface area contributed by atoms with Crippen LogP contribution in [-0.4, -0.2) is 23.3 Å². The first kappa shape index (κ1) is 8.54. The summed E-state index contributed by atoms with van der Waals surface area (Å²) in [6.07, 6.45) is 7.56. The van der Waals surface area contributed by atoms with Crippen molar-refractivity contribution in [2.24, 2.45) is 4.99 Å². The molecule has 1 atom stereocenters. The average Bonchev–Trinajstić information content (AvgIpc) is 2.46. The molecule has 2 aliphatic rings. The van der Waals surface area contributed by atoms with Gasteiger partial charge >= 0.3 is 0 Å². The highest BCUT2D eigenvalue weighted by Gasteiger charge is 2.27. The number of allylic oxidation sites excluding steroid dienone is 2. The molecule has 0 amide bonds. The van der Waals surface area contributed by atoms with Crippen molar-refractivity contribution >= 4 is 6.34 Å². The lowest BCUT2D eigenvalue weighted by molar-refractivity contribution is 0.313. The first-order chi connectivity index (χ1) is 6.18. The van der Waals surface area contributed by atoms with Crippen molar-refractivity contribution < 1.29 is 0 Å². The lowest BCUT2D eigenvalue weighted by atomic mass is 10.00. The molecule has 13 heavy (non-hydrogen) atoms. The quantitative estimate of drug-likeness (QED) is 0.598. The second-order valence-electron chi connectivity index (χ2n) is 4.05. The highest BCUT2D eigenvalue weighted by Crippen LogP contribution is 2.28. The number of nitrogens with zero attached hydrogens (tertiary/aromatic N) is 2. The molecule has 0 spiro atoms. The van der Waals surface area contributed by atoms with E-state index in [4.69, 9.17) is 0 Å². The first-order valence-electron chi connectivity index (χ1n) is 4.88. The minimum Gasteiger partial charge on any atom is -0.351 e. The molecule has 1 aliphatic heterocycles. The molecule has 2 nitrogen and oxygen atoms in total. The van der Waals surface area contributed by atoms with E-state index in [1.807, 2.05) is 6.34 Å². The van der Waals surface area contributed by atoms with Gasteiger partial charge in [0.05, 0.1) is 18.1 Å². The molecule has 0 aromatic carbocycles. The summed E-state index contributed by atoms with van der Waals surface area (Å²) in [6, 6.07) is 1.05. The lowest BCUT2D eigenvalue weighted by Crippen LogP contribution is -2.36. The molecular weight excluding hydrogens is 160 g/mol. The fourth-order valence-corrected chi connectivity index (χ4v) is 1.91. The summed E-state index contributed by atoms with van der Waals surface area (Å²) in [5, 5.41) is 0. The van der Waals surface area contributed by atoms with E-state index in [9.17, 15) is 0 Å². The summed E-state index contributed by atoms with van der Waals surface area (Å²) in [7, 11) is 0. The molecule has 0 fully saturated rings. The van der Waals surface area contributed by atoms with E-state index in [1.165, 1.54) is 11.3 Å². The highest BCUT2D eigenvalue weighted by molar-refractivity contribution is 5.64. The van der Waals surface area contributed by atoms with Gasteiger partial charge in [-0.25, -0.2) is 4.99 Å². The van der Waals surface area contributed by atoms with Crippen LogP contribution in [0.25, 0.3) is 0 Å². The Kier molecular flexibility index (Phi) is 1.98. The van der Waals surface area contributed by atoms with E-state index in [2.05, 4.69) is 42.8 Å². The van der Waals surface area contributed by atoms with Crippen molar-refractivity contribution in [1.29, 1.82) is 0 Å². The number of rotatable bonds is 1. The smallest absolute Gasteiger partial charge is 0.0917 e. The Morgan fingerprint density at radius 2 is 2.31 bits per heavy atom. The lowest BCUT2D eigenvalue weighted by Gasteiger charge is -2.29. The Labute approximate surface area is 79.7 Å². The van der Waals surface area contributed by atoms with Crippen LogP contribution < -0.4 is 0 Å². The molecule has 70 valence electrons. The van der Waals surface area contributed by atoms with E-state index < -0.39 is 0 Å². The van der Waals surface area contributed by atoms with Gasteiger partial charge in [0.2, 0.25) is 0 Å². The molecule has 0 aromatic rings. The Hall–Kier alpha value is -1.05. The van der Waals surface area contributed by atoms with Crippen molar-refractivity contribution in [1.82, 2.24) is 4.90 Å². The van der Waals surface area contributed by atoms with E-state index in [0.717, 1.165) is 6.42 Å². The van der Waals surface area contributed by atoms with Gasteiger partial charge in [-0.15, -0.1) is 0 Å². The fraction of sp³-hybridized carbons (Fsp3) is 0.545. The van der Waals surface area contributed by atoms with Crippen LogP contribution in [0.1, 0.15) is 27.2 Å². The van der Waals surface area contributed by atoms with Crippen LogP contribution in [-0.2, 0) is 0 Å². The van der Waals surface area contributed by atoms with Crippen LogP contribution in [0.5, 0.6) is 0 Å². The predicted octanol–water partition coefficient (Wildman–Crippen LogP) is 2.34. The number of hydrogen-bond donors (Lipinski definition) is 0. The molecule has 1 unspecified atom stereocenters. The van der Waals surface area contributed by atoms with Gasteiger partial charge in [-0.05, 0) is 33.3 Å². The van der Waals surface area contributed by atoms with Gasteiger partial charge in [-0.3, -0.25) is 0 Å². The third kappa shape index (κ3) is 1.41. The number of aliphatic imine (C=N–C) groups is 1. The molecule has 1 heterocycles. The maximum absolute atomic E-state index is 4.43. The van der Waals surface area contributed by atoms with Gasteiger partial charge in [-0.1, -0.05) is 11.6 Å². The molecule has 0 radical (unpaired) electrons. The Morgan fingerprint density at radius 1 is 1.54 bits per heavy atom. The topological polar surface area (TPSA) is 15.6 Å². The Bertz CT molecular complexity index is 297. The maximum Gasteiger partial charge on any atom is 0.0917 e. The summed E-state index contributed by atoms with van der Waals surface area (Å²) >= 11 is 0. The minimum absolute atomic E-state index is 0.503. The molecule has 2 rings (SSSR count). The maximum atomic E-state index is 4.43. The van der Waals surface area contributed by atoms with E-state index in [-0.39, 0.29) is 0 Å². The Balaban J connectivity index is 2.22. The fourth-order valence-electron chi connectivity index (χ4n) is 1.91. The van der Waals surface area contributed by atoms with Gasteiger partial charge in [0.15, 0.2) is 0 Å². The summed E-state index contributed by atoms with van der Waals surface area (Å²) in [6.45, 7) is 6.55. The number of hydrogen-bond acceptors (Lipinski definition) is 2. The average molecular weight is 176 g/mol. The zero-order chi connectivity index (χ0) is 9.42. The minimum atomic E-state index is 0.503. The normalized spacial score (nSPS) is 26.2. The Morgan fingerprint density at radius 3 is 3.00 bits per heavy atom. The zero-order valence-electron chi connectivity index (χ0n) is 8.49. The summed E-state index contributed by atoms with van der Waals surface area (Å²) in [5.74, 6) is 0. The predicted molar refractivity (Wildman–Crippen MR) is 55.7 cm³/mol. The molecular formula is C11H16N2. The largest absolute Gasteiger partial charge is 0.351 e. The summed E-state index contributed by atoms with van der Waals surface area (Å²) in [5.41, 5.74) is 2.57. The van der Waals surface area contributed by atoms with Crippen LogP contribution in [0, 0.1) is 0 Å². The standard InChI is InChI=1S/C11H16N2/c1-8(2)13-7-12-10-6-9(3)4-5-11(10)13/h4,6-8,11H,5H2,1-3H3. The molecule has 0 N–H and O–H groups in total. The van der Waals surface area contributed by atoms with Gasteiger partial charge in [0.25, 0.3) is 0 Å². The summed E-state index contributed by atoms with van der Waals surface area (Å²) in [4.78, 5) is 6.76. The van der Waals surface area contributed by atoms with Crippen LogP contribution in [0.4, 0.5) is 0 Å². The second kappa shape index (κ2) is 3.02. The second-order valence-corrected chi connectivity index (χ2v) is 4.05. The molecule has 2 heteroatoms. The van der Waals surface area contributed by atoms with Crippen molar-refractivity contribution in [3.8, 4) is 0 Å². The van der Waals surface area contributed by atoms with Gasteiger partial charge in [0.1, 0.15) is 0 Å².